The summed E-state index contributed by atoms with van der Waals surface area (Å²) in [5.41, 5.74) is 7.86. The summed E-state index contributed by atoms with van der Waals surface area (Å²) in [7, 11) is 0. The van der Waals surface area contributed by atoms with Crippen molar-refractivity contribution in [2.75, 3.05) is 25.4 Å². The number of hydrogen-bond donors (Lipinski definition) is 1. The molecule has 2 atom stereocenters. The van der Waals surface area contributed by atoms with Gasteiger partial charge >= 0.3 is 6.18 Å². The Morgan fingerprint density at radius 1 is 1.14 bits per heavy atom. The number of hydrogen-bond acceptors (Lipinski definition) is 5. The molecule has 4 rings (SSSR count). The van der Waals surface area contributed by atoms with Gasteiger partial charge in [0, 0.05) is 55.4 Å². The lowest BCUT2D eigenvalue weighted by Gasteiger charge is -2.43. The summed E-state index contributed by atoms with van der Waals surface area (Å²) >= 11 is 0. The Bertz CT molecular complexity index is 927. The molecular weight excluding hydrogens is 371 g/mol. The molecular formula is C19H22F3N5O. The van der Waals surface area contributed by atoms with E-state index in [2.05, 4.69) is 14.9 Å². The molecule has 2 aromatic rings. The first-order valence-corrected chi connectivity index (χ1v) is 9.40. The molecule has 2 N–H and O–H groups in total. The SMILES string of the molecule is Nc1cc(-c2cc3n(c(=O)c2)C[C@H]2C[C@@H]3CN(CCCC(F)(F)F)C2)ncn1. The van der Waals surface area contributed by atoms with Crippen molar-refractivity contribution in [1.82, 2.24) is 19.4 Å². The lowest BCUT2D eigenvalue weighted by atomic mass is 9.82. The van der Waals surface area contributed by atoms with Gasteiger partial charge < -0.3 is 15.2 Å². The van der Waals surface area contributed by atoms with Gasteiger partial charge in [-0.15, -0.1) is 0 Å². The topological polar surface area (TPSA) is 77.0 Å². The monoisotopic (exact) mass is 393 g/mol. The second-order valence-electron chi connectivity index (χ2n) is 7.72. The molecule has 28 heavy (non-hydrogen) atoms. The Morgan fingerprint density at radius 2 is 1.96 bits per heavy atom. The van der Waals surface area contributed by atoms with Crippen molar-refractivity contribution in [3.63, 3.8) is 0 Å². The second kappa shape index (κ2) is 7.20. The van der Waals surface area contributed by atoms with Crippen LogP contribution in [-0.2, 0) is 6.54 Å². The van der Waals surface area contributed by atoms with Crippen molar-refractivity contribution in [3.8, 4) is 11.3 Å². The van der Waals surface area contributed by atoms with Crippen molar-refractivity contribution in [2.24, 2.45) is 5.92 Å². The standard InChI is InChI=1S/C19H22F3N5O/c20-19(21,22)2-1-3-26-8-12-4-14(10-26)16-5-13(6-18(28)27(16)9-12)15-7-17(23)25-11-24-15/h5-7,11-12,14H,1-4,8-10H2,(H2,23,24,25)/t12-,14+/m0/s1. The van der Waals surface area contributed by atoms with Gasteiger partial charge in [-0.25, -0.2) is 9.97 Å². The zero-order valence-electron chi connectivity index (χ0n) is 15.3. The van der Waals surface area contributed by atoms with Crippen LogP contribution >= 0.6 is 0 Å². The maximum atomic E-state index is 12.7. The predicted molar refractivity (Wildman–Crippen MR) is 98.7 cm³/mol. The highest BCUT2D eigenvalue weighted by molar-refractivity contribution is 5.61. The number of fused-ring (bicyclic) bond motifs is 4. The van der Waals surface area contributed by atoms with Crippen LogP contribution in [0.15, 0.2) is 29.3 Å². The van der Waals surface area contributed by atoms with Crippen molar-refractivity contribution in [3.05, 3.63) is 40.6 Å². The van der Waals surface area contributed by atoms with Crippen molar-refractivity contribution in [1.29, 1.82) is 0 Å². The molecule has 2 aliphatic heterocycles. The van der Waals surface area contributed by atoms with E-state index in [0.717, 1.165) is 18.7 Å². The maximum absolute atomic E-state index is 12.7. The van der Waals surface area contributed by atoms with E-state index in [1.54, 1.807) is 16.7 Å². The smallest absolute Gasteiger partial charge is 0.384 e. The van der Waals surface area contributed by atoms with Gasteiger partial charge in [0.05, 0.1) is 5.69 Å². The number of nitrogens with two attached hydrogens (primary N) is 1. The largest absolute Gasteiger partial charge is 0.389 e. The Hall–Kier alpha value is -2.42. The number of anilines is 1. The van der Waals surface area contributed by atoms with Crippen LogP contribution in [0.2, 0.25) is 0 Å². The number of halogens is 3. The predicted octanol–water partition coefficient (Wildman–Crippen LogP) is 2.65. The van der Waals surface area contributed by atoms with E-state index >= 15 is 0 Å². The number of nitrogens with zero attached hydrogens (tertiary/aromatic N) is 4. The van der Waals surface area contributed by atoms with E-state index in [-0.39, 0.29) is 23.8 Å². The molecule has 0 aromatic carbocycles. The van der Waals surface area contributed by atoms with E-state index < -0.39 is 12.6 Å². The first-order valence-electron chi connectivity index (χ1n) is 9.40. The van der Waals surface area contributed by atoms with E-state index in [4.69, 9.17) is 5.73 Å². The Balaban J connectivity index is 1.57. The lowest BCUT2D eigenvalue weighted by Crippen LogP contribution is -2.47. The van der Waals surface area contributed by atoms with Crippen LogP contribution in [0.3, 0.4) is 0 Å². The molecule has 2 aromatic heterocycles. The second-order valence-corrected chi connectivity index (χ2v) is 7.72. The minimum atomic E-state index is -4.11. The van der Waals surface area contributed by atoms with Crippen LogP contribution in [0.1, 0.15) is 30.9 Å². The first-order chi connectivity index (χ1) is 13.3. The zero-order valence-corrected chi connectivity index (χ0v) is 15.3. The summed E-state index contributed by atoms with van der Waals surface area (Å²) < 4.78 is 39.1. The average Bonchev–Trinajstić information content (AvgIpc) is 2.61. The molecule has 2 aliphatic rings. The van der Waals surface area contributed by atoms with Crippen LogP contribution in [0, 0.1) is 5.92 Å². The van der Waals surface area contributed by atoms with Crippen LogP contribution in [-0.4, -0.2) is 45.2 Å². The quantitative estimate of drug-likeness (QED) is 0.864. The average molecular weight is 393 g/mol. The van der Waals surface area contributed by atoms with E-state index in [1.165, 1.54) is 6.33 Å². The van der Waals surface area contributed by atoms with Gasteiger partial charge in [-0.2, -0.15) is 13.2 Å². The van der Waals surface area contributed by atoms with Crippen LogP contribution in [0.5, 0.6) is 0 Å². The van der Waals surface area contributed by atoms with Crippen LogP contribution < -0.4 is 11.3 Å². The summed E-state index contributed by atoms with van der Waals surface area (Å²) in [6.45, 7) is 2.44. The van der Waals surface area contributed by atoms with E-state index in [0.29, 0.717) is 36.7 Å². The molecule has 150 valence electrons. The molecule has 1 saturated heterocycles. The third-order valence-corrected chi connectivity index (χ3v) is 5.55. The molecule has 9 heteroatoms. The van der Waals surface area contributed by atoms with Gasteiger partial charge in [-0.05, 0) is 31.4 Å². The fourth-order valence-corrected chi connectivity index (χ4v) is 4.42. The molecule has 0 aliphatic carbocycles. The van der Waals surface area contributed by atoms with Gasteiger partial charge in [-0.1, -0.05) is 0 Å². The summed E-state index contributed by atoms with van der Waals surface area (Å²) in [6.07, 6.45) is -2.45. The number of nitrogen functional groups attached to an aromatic ring is 1. The summed E-state index contributed by atoms with van der Waals surface area (Å²) in [5, 5.41) is 0. The Morgan fingerprint density at radius 3 is 2.71 bits per heavy atom. The summed E-state index contributed by atoms with van der Waals surface area (Å²) in [4.78, 5) is 22.9. The minimum absolute atomic E-state index is 0.0788. The maximum Gasteiger partial charge on any atom is 0.389 e. The number of aromatic nitrogens is 3. The third-order valence-electron chi connectivity index (χ3n) is 5.55. The zero-order chi connectivity index (χ0) is 19.9. The highest BCUT2D eigenvalue weighted by atomic mass is 19.4. The van der Waals surface area contributed by atoms with Crippen molar-refractivity contribution >= 4 is 5.82 Å². The number of pyridine rings is 1. The number of piperidine rings is 1. The van der Waals surface area contributed by atoms with Gasteiger partial charge in [0.25, 0.3) is 5.56 Å². The fraction of sp³-hybridized carbons (Fsp3) is 0.526. The Labute approximate surface area is 160 Å². The van der Waals surface area contributed by atoms with Gasteiger partial charge in [0.15, 0.2) is 0 Å². The number of rotatable bonds is 4. The van der Waals surface area contributed by atoms with Crippen LogP contribution in [0.25, 0.3) is 11.3 Å². The summed E-state index contributed by atoms with van der Waals surface area (Å²) in [5.74, 6) is 0.747. The van der Waals surface area contributed by atoms with Gasteiger partial charge in [0.2, 0.25) is 0 Å². The molecule has 6 nitrogen and oxygen atoms in total. The fourth-order valence-electron chi connectivity index (χ4n) is 4.42. The lowest BCUT2D eigenvalue weighted by molar-refractivity contribution is -0.136. The third kappa shape index (κ3) is 4.04. The highest BCUT2D eigenvalue weighted by Crippen LogP contribution is 2.36. The van der Waals surface area contributed by atoms with Crippen molar-refractivity contribution in [2.45, 2.75) is 37.9 Å². The molecule has 2 bridgehead atoms. The molecule has 0 saturated carbocycles. The van der Waals surface area contributed by atoms with Gasteiger partial charge in [-0.3, -0.25) is 4.79 Å². The molecule has 4 heterocycles. The first kappa shape index (κ1) is 18.9. The van der Waals surface area contributed by atoms with Gasteiger partial charge in [0.1, 0.15) is 12.1 Å². The van der Waals surface area contributed by atoms with Crippen LogP contribution in [0.4, 0.5) is 19.0 Å². The minimum Gasteiger partial charge on any atom is -0.384 e. The Kier molecular flexibility index (Phi) is 4.86. The molecule has 1 fully saturated rings. The number of alkyl halides is 3. The van der Waals surface area contributed by atoms with E-state index in [9.17, 15) is 18.0 Å². The normalized spacial score (nSPS) is 22.1. The summed E-state index contributed by atoms with van der Waals surface area (Å²) in [6, 6.07) is 5.15. The van der Waals surface area contributed by atoms with Crippen molar-refractivity contribution < 1.29 is 13.2 Å². The molecule has 0 radical (unpaired) electrons. The molecule has 0 spiro atoms. The molecule has 0 unspecified atom stereocenters. The van der Waals surface area contributed by atoms with E-state index in [1.807, 2.05) is 6.07 Å². The number of likely N-dealkylation sites (tertiary alicyclic amines) is 1. The highest BCUT2D eigenvalue weighted by Gasteiger charge is 2.35. The molecule has 0 amide bonds.